The van der Waals surface area contributed by atoms with Crippen LogP contribution in [0, 0.1) is 11.3 Å². The van der Waals surface area contributed by atoms with E-state index in [0.29, 0.717) is 11.3 Å². The van der Waals surface area contributed by atoms with E-state index < -0.39 is 23.3 Å². The minimum Gasteiger partial charge on any atom is -0.477 e. The second-order valence-corrected chi connectivity index (χ2v) is 23.8. The molecule has 3 nitrogen and oxygen atoms in total. The van der Waals surface area contributed by atoms with Crippen molar-refractivity contribution in [1.82, 2.24) is 0 Å². The average Bonchev–Trinajstić information content (AvgIpc) is 4.17. The van der Waals surface area contributed by atoms with Crippen LogP contribution < -0.4 is 0 Å². The van der Waals surface area contributed by atoms with Gasteiger partial charge < -0.3 is 5.11 Å². The predicted octanol–water partition coefficient (Wildman–Crippen LogP) is 21.3. The number of nitriles is 1. The number of aliphatic carboxylic acids is 1. The van der Waals surface area contributed by atoms with Crippen molar-refractivity contribution >= 4 is 68.7 Å². The van der Waals surface area contributed by atoms with Crippen LogP contribution in [-0.4, -0.2) is 11.1 Å². The zero-order valence-electron chi connectivity index (χ0n) is 41.3. The number of hydrogen-bond donors (Lipinski definition) is 1. The van der Waals surface area contributed by atoms with E-state index in [1.54, 1.807) is 17.4 Å². The molecule has 5 aromatic rings. The number of unbranched alkanes of at least 4 members (excludes halogenated alkanes) is 20. The highest BCUT2D eigenvalue weighted by molar-refractivity contribution is 7.30. The number of thiophene rings is 5. The quantitative estimate of drug-likeness (QED) is 0.0254. The molecule has 5 heterocycles. The van der Waals surface area contributed by atoms with Gasteiger partial charge in [-0.2, -0.15) is 18.4 Å². The number of carboxylic acid groups (broad SMARTS) is 1. The third kappa shape index (κ3) is 17.1. The summed E-state index contributed by atoms with van der Waals surface area (Å²) in [7, 11) is 0. The van der Waals surface area contributed by atoms with Crippen LogP contribution in [0.2, 0.25) is 0 Å². The summed E-state index contributed by atoms with van der Waals surface area (Å²) in [6, 6.07) is 13.0. The van der Waals surface area contributed by atoms with Gasteiger partial charge in [-0.15, -0.1) is 56.7 Å². The Labute approximate surface area is 427 Å². The molecule has 0 fully saturated rings. The first-order valence-electron chi connectivity index (χ1n) is 26.0. The first-order valence-corrected chi connectivity index (χ1v) is 30.2. The van der Waals surface area contributed by atoms with Crippen molar-refractivity contribution in [1.29, 1.82) is 5.26 Å². The van der Waals surface area contributed by atoms with E-state index in [1.807, 2.05) is 28.7 Å². The van der Waals surface area contributed by atoms with Crippen molar-refractivity contribution in [2.75, 3.05) is 0 Å². The number of nitrogens with zero attached hydrogens (tertiary/aromatic N) is 1. The topological polar surface area (TPSA) is 61.1 Å². The van der Waals surface area contributed by atoms with Crippen LogP contribution in [0.4, 0.5) is 13.2 Å². The van der Waals surface area contributed by atoms with Gasteiger partial charge in [0.15, 0.2) is 0 Å². The smallest absolute Gasteiger partial charge is 0.418 e. The number of halogens is 3. The zero-order valence-corrected chi connectivity index (χ0v) is 45.4. The molecule has 5 aromatic heterocycles. The molecule has 0 aromatic carbocycles. The molecule has 0 aliphatic heterocycles. The maximum atomic E-state index is 15.5. The molecule has 0 radical (unpaired) electrons. The number of aryl methyl sites for hydroxylation is 3. The Morgan fingerprint density at radius 3 is 1.50 bits per heavy atom. The van der Waals surface area contributed by atoms with Gasteiger partial charge >= 0.3 is 12.1 Å². The lowest BCUT2D eigenvalue weighted by Crippen LogP contribution is -2.09. The fourth-order valence-corrected chi connectivity index (χ4v) is 15.3. The second kappa shape index (κ2) is 30.0. The Morgan fingerprint density at radius 1 is 0.559 bits per heavy atom. The summed E-state index contributed by atoms with van der Waals surface area (Å²) in [6.07, 6.45) is 27.0. The lowest BCUT2D eigenvalue weighted by molar-refractivity contribution is -0.137. The van der Waals surface area contributed by atoms with Gasteiger partial charge in [0.25, 0.3) is 0 Å². The Hall–Kier alpha value is -3.01. The van der Waals surface area contributed by atoms with E-state index in [1.165, 1.54) is 138 Å². The maximum absolute atomic E-state index is 15.5. The maximum Gasteiger partial charge on any atom is 0.418 e. The molecule has 0 amide bonds. The molecule has 1 N–H and O–H groups in total. The van der Waals surface area contributed by atoms with Crippen LogP contribution >= 0.6 is 56.7 Å². The van der Waals surface area contributed by atoms with Gasteiger partial charge in [0.05, 0.1) is 10.4 Å². The molecule has 5 rings (SSSR count). The third-order valence-corrected chi connectivity index (χ3v) is 19.3. The number of hydrogen-bond acceptors (Lipinski definition) is 7. The van der Waals surface area contributed by atoms with Crippen molar-refractivity contribution in [2.24, 2.45) is 0 Å². The standard InChI is InChI=1S/C57H76F3NO2S5/c1-5-9-13-17-21-25-29-41-35-49(64-40-41)50-36-42(30-26-22-18-14-10-6-2)53(67-50)46-33-34-47(65-46)54-43(31-27-23-19-15-11-7-3)37-51(68-54)55-52(57(58,59)60)45(32-28-24-20-16-12-8-4)48(66-55)38-44(39-61)56(62)63/h33-38,40H,5-32H2,1-4H3,(H,62,63)/b44-38+. The van der Waals surface area contributed by atoms with Gasteiger partial charge in [0, 0.05) is 39.0 Å². The van der Waals surface area contributed by atoms with Crippen LogP contribution in [-0.2, 0) is 36.7 Å². The molecule has 0 aliphatic carbocycles. The number of carbonyl (C=O) groups is 1. The largest absolute Gasteiger partial charge is 0.477 e. The summed E-state index contributed by atoms with van der Waals surface area (Å²) in [5.41, 5.74) is 2.78. The molecule has 0 unspecified atom stereocenters. The van der Waals surface area contributed by atoms with Crippen molar-refractivity contribution in [3.8, 4) is 45.1 Å². The molecule has 0 aliphatic rings. The van der Waals surface area contributed by atoms with E-state index in [2.05, 4.69) is 57.3 Å². The van der Waals surface area contributed by atoms with Crippen LogP contribution in [0.3, 0.4) is 0 Å². The monoisotopic (exact) mass is 1020 g/mol. The van der Waals surface area contributed by atoms with Crippen molar-refractivity contribution in [3.05, 3.63) is 74.0 Å². The molecular formula is C57H76F3NO2S5. The Bertz CT molecular complexity index is 2330. The summed E-state index contributed by atoms with van der Waals surface area (Å²) in [5, 5.41) is 21.8. The van der Waals surface area contributed by atoms with Crippen LogP contribution in [0.15, 0.2) is 41.3 Å². The van der Waals surface area contributed by atoms with Crippen molar-refractivity contribution in [3.63, 3.8) is 0 Å². The molecule has 68 heavy (non-hydrogen) atoms. The highest BCUT2D eigenvalue weighted by Crippen LogP contribution is 2.52. The fraction of sp³-hybridized carbons (Fsp3) is 0.579. The molecule has 372 valence electrons. The first kappa shape index (κ1) is 55.9. The number of carboxylic acids is 1. The average molecular weight is 1020 g/mol. The summed E-state index contributed by atoms with van der Waals surface area (Å²) in [4.78, 5) is 20.2. The Morgan fingerprint density at radius 2 is 1.01 bits per heavy atom. The lowest BCUT2D eigenvalue weighted by atomic mass is 9.98. The summed E-state index contributed by atoms with van der Waals surface area (Å²) < 4.78 is 46.4. The van der Waals surface area contributed by atoms with Gasteiger partial charge in [0.1, 0.15) is 11.6 Å². The number of alkyl halides is 3. The second-order valence-electron chi connectivity index (χ2n) is 18.6. The van der Waals surface area contributed by atoms with E-state index >= 15 is 13.2 Å². The van der Waals surface area contributed by atoms with Crippen LogP contribution in [0.5, 0.6) is 0 Å². The summed E-state index contributed by atoms with van der Waals surface area (Å²) in [5.74, 6) is -1.44. The predicted molar refractivity (Wildman–Crippen MR) is 292 cm³/mol. The van der Waals surface area contributed by atoms with Crippen molar-refractivity contribution < 1.29 is 23.1 Å². The fourth-order valence-electron chi connectivity index (χ4n) is 9.07. The minimum absolute atomic E-state index is 0.111. The number of rotatable bonds is 34. The van der Waals surface area contributed by atoms with Gasteiger partial charge in [-0.3, -0.25) is 0 Å². The third-order valence-electron chi connectivity index (χ3n) is 12.9. The highest BCUT2D eigenvalue weighted by Gasteiger charge is 2.40. The normalized spacial score (nSPS) is 12.1. The molecule has 0 saturated carbocycles. The first-order chi connectivity index (χ1) is 33.0. The molecular weight excluding hydrogens is 948 g/mol. The summed E-state index contributed by atoms with van der Waals surface area (Å²) in [6.45, 7) is 8.86. The SMILES string of the molecule is CCCCCCCCc1csc(-c2cc(CCCCCCCC)c(-c3ccc(-c4sc(-c5sc(/C=C(\C#N)C(=O)O)c(CCCCCCCC)c5C(F)(F)F)cc4CCCCCCCC)s3)s2)c1. The highest BCUT2D eigenvalue weighted by atomic mass is 32.1. The lowest BCUT2D eigenvalue weighted by Gasteiger charge is -2.12. The minimum atomic E-state index is -4.66. The van der Waals surface area contributed by atoms with E-state index in [-0.39, 0.29) is 21.7 Å². The van der Waals surface area contributed by atoms with E-state index in [0.717, 1.165) is 104 Å². The van der Waals surface area contributed by atoms with E-state index in [4.69, 9.17) is 0 Å². The molecule has 11 heteroatoms. The van der Waals surface area contributed by atoms with Crippen LogP contribution in [0.25, 0.3) is 45.1 Å². The molecule has 0 atom stereocenters. The van der Waals surface area contributed by atoms with Gasteiger partial charge in [-0.05, 0) is 115 Å². The van der Waals surface area contributed by atoms with Crippen molar-refractivity contribution in [2.45, 2.75) is 214 Å². The van der Waals surface area contributed by atoms with E-state index in [9.17, 15) is 15.2 Å². The Kier molecular flexibility index (Phi) is 24.7. The van der Waals surface area contributed by atoms with Crippen LogP contribution in [0.1, 0.15) is 214 Å². The summed E-state index contributed by atoms with van der Waals surface area (Å²) >= 11 is 7.92. The molecule has 0 saturated heterocycles. The molecule has 0 spiro atoms. The Balaban J connectivity index is 1.53. The van der Waals surface area contributed by atoms with Gasteiger partial charge in [0.2, 0.25) is 0 Å². The molecule has 0 bridgehead atoms. The van der Waals surface area contributed by atoms with Gasteiger partial charge in [-0.25, -0.2) is 4.79 Å². The zero-order chi connectivity index (χ0) is 48.7. The van der Waals surface area contributed by atoms with Gasteiger partial charge in [-0.1, -0.05) is 156 Å².